The zero-order valence-electron chi connectivity index (χ0n) is 36.6. The molecule has 1 heterocycles. The number of primary amides is 1. The number of thioether (sulfide) groups is 1. The van der Waals surface area contributed by atoms with Gasteiger partial charge in [-0.3, -0.25) is 52.7 Å². The quantitative estimate of drug-likeness (QED) is 0.0354. The predicted octanol–water partition coefficient (Wildman–Crippen LogP) is -4.14. The van der Waals surface area contributed by atoms with Gasteiger partial charge in [0.05, 0.1) is 18.9 Å². The number of aliphatic carboxylic acids is 3. The molecule has 25 nitrogen and oxygen atoms in total. The topological polar surface area (TPSA) is 405 Å². The Morgan fingerprint density at radius 3 is 1.62 bits per heavy atom. The van der Waals surface area contributed by atoms with E-state index in [0.29, 0.717) is 12.2 Å². The average Bonchev–Trinajstić information content (AvgIpc) is 3.69. The van der Waals surface area contributed by atoms with Crippen LogP contribution >= 0.6 is 11.8 Å². The molecule has 0 aromatic rings. The van der Waals surface area contributed by atoms with Crippen LogP contribution in [0.5, 0.6) is 0 Å². The van der Waals surface area contributed by atoms with Crippen molar-refractivity contribution in [1.29, 1.82) is 0 Å². The average molecular weight is 931 g/mol. The summed E-state index contributed by atoms with van der Waals surface area (Å²) in [7, 11) is 0. The Balaban J connectivity index is 3.30. The molecule has 1 saturated heterocycles. The van der Waals surface area contributed by atoms with E-state index in [2.05, 4.69) is 37.2 Å². The molecule has 1 aliphatic heterocycles. The Kier molecular flexibility index (Phi) is 23.8. The number of amides is 9. The Hall–Kier alpha value is -6.05. The highest BCUT2D eigenvalue weighted by atomic mass is 32.2. The van der Waals surface area contributed by atoms with Crippen LogP contribution in [0.2, 0.25) is 0 Å². The van der Waals surface area contributed by atoms with E-state index in [9.17, 15) is 72.9 Å². The molecule has 9 amide bonds. The second kappa shape index (κ2) is 27.2. The molecule has 0 spiro atoms. The third-order valence-corrected chi connectivity index (χ3v) is 10.3. The first-order valence-corrected chi connectivity index (χ1v) is 21.8. The smallest absolute Gasteiger partial charge is 0.326 e. The number of hydrogen-bond acceptors (Lipinski definition) is 14. The van der Waals surface area contributed by atoms with Gasteiger partial charge in [-0.2, -0.15) is 11.8 Å². The highest BCUT2D eigenvalue weighted by Gasteiger charge is 2.39. The molecule has 0 radical (unpaired) electrons. The molecule has 1 aliphatic rings. The minimum absolute atomic E-state index is 0.0575. The maximum atomic E-state index is 13.8. The van der Waals surface area contributed by atoms with Crippen molar-refractivity contribution < 1.29 is 72.9 Å². The van der Waals surface area contributed by atoms with Crippen molar-refractivity contribution in [3.8, 4) is 0 Å². The van der Waals surface area contributed by atoms with Crippen molar-refractivity contribution in [3.05, 3.63) is 0 Å². The Morgan fingerprint density at radius 1 is 0.625 bits per heavy atom. The second-order valence-electron chi connectivity index (χ2n) is 15.7. The normalized spacial score (nSPS) is 17.1. The van der Waals surface area contributed by atoms with Gasteiger partial charge in [-0.1, -0.05) is 13.8 Å². The third kappa shape index (κ3) is 19.6. The highest BCUT2D eigenvalue weighted by Crippen LogP contribution is 2.19. The third-order valence-electron chi connectivity index (χ3n) is 9.63. The molecule has 0 bridgehead atoms. The maximum Gasteiger partial charge on any atom is 0.326 e. The van der Waals surface area contributed by atoms with E-state index in [1.54, 1.807) is 20.1 Å². The summed E-state index contributed by atoms with van der Waals surface area (Å²) in [5.74, 6) is -12.9. The minimum atomic E-state index is -1.88. The number of likely N-dealkylation sites (tertiary alicyclic amines) is 1. The van der Waals surface area contributed by atoms with E-state index >= 15 is 0 Å². The number of carboxylic acid groups (broad SMARTS) is 3. The van der Waals surface area contributed by atoms with Crippen LogP contribution in [0.3, 0.4) is 0 Å². The Morgan fingerprint density at radius 2 is 1.11 bits per heavy atom. The summed E-state index contributed by atoms with van der Waals surface area (Å²) < 4.78 is 0. The number of carbonyl (C=O) groups excluding carboxylic acids is 9. The Bertz CT molecular complexity index is 1750. The van der Waals surface area contributed by atoms with Gasteiger partial charge in [0.15, 0.2) is 0 Å². The van der Waals surface area contributed by atoms with Crippen molar-refractivity contribution >= 4 is 82.8 Å². The number of hydrogen-bond donors (Lipinski definition) is 12. The summed E-state index contributed by atoms with van der Waals surface area (Å²) in [5, 5.41) is 44.7. The lowest BCUT2D eigenvalue weighted by Gasteiger charge is -2.29. The monoisotopic (exact) mass is 930 g/mol. The van der Waals surface area contributed by atoms with Crippen LogP contribution in [0.1, 0.15) is 86.0 Å². The van der Waals surface area contributed by atoms with E-state index in [4.69, 9.17) is 11.5 Å². The number of nitrogens with zero attached hydrogens (tertiary/aromatic N) is 1. The van der Waals surface area contributed by atoms with Crippen LogP contribution in [0.25, 0.3) is 0 Å². The van der Waals surface area contributed by atoms with Crippen molar-refractivity contribution in [2.45, 2.75) is 140 Å². The molecule has 26 heteroatoms. The van der Waals surface area contributed by atoms with E-state index in [1.165, 1.54) is 37.4 Å². The van der Waals surface area contributed by atoms with Crippen molar-refractivity contribution in [2.24, 2.45) is 17.4 Å². The molecule has 0 aromatic carbocycles. The molecule has 0 saturated carbocycles. The van der Waals surface area contributed by atoms with Crippen molar-refractivity contribution in [1.82, 2.24) is 42.1 Å². The van der Waals surface area contributed by atoms with E-state index < -0.39 is 151 Å². The van der Waals surface area contributed by atoms with Gasteiger partial charge in [-0.15, -0.1) is 0 Å². The predicted molar refractivity (Wildman–Crippen MR) is 226 cm³/mol. The number of rotatable bonds is 28. The number of nitrogens with two attached hydrogens (primary N) is 2. The van der Waals surface area contributed by atoms with E-state index in [1.807, 2.05) is 0 Å². The van der Waals surface area contributed by atoms with E-state index in [0.717, 1.165) is 0 Å². The number of carboxylic acids is 3. The summed E-state index contributed by atoms with van der Waals surface area (Å²) in [6.07, 6.45) is -0.863. The summed E-state index contributed by atoms with van der Waals surface area (Å²) >= 11 is 1.33. The molecule has 0 aromatic heterocycles. The fourth-order valence-electron chi connectivity index (χ4n) is 6.24. The fraction of sp³-hybridized carbons (Fsp3) is 0.684. The number of nitrogens with one attached hydrogen (secondary N) is 7. The van der Waals surface area contributed by atoms with E-state index in [-0.39, 0.29) is 31.7 Å². The lowest BCUT2D eigenvalue weighted by atomic mass is 10.0. The van der Waals surface area contributed by atoms with Crippen LogP contribution in [-0.4, -0.2) is 164 Å². The first-order chi connectivity index (χ1) is 29.8. The van der Waals surface area contributed by atoms with Crippen LogP contribution in [0, 0.1) is 5.92 Å². The van der Waals surface area contributed by atoms with Gasteiger partial charge >= 0.3 is 17.9 Å². The van der Waals surface area contributed by atoms with Crippen LogP contribution < -0.4 is 48.7 Å². The van der Waals surface area contributed by atoms with Gasteiger partial charge in [-0.25, -0.2) is 4.79 Å². The highest BCUT2D eigenvalue weighted by molar-refractivity contribution is 7.98. The fourth-order valence-corrected chi connectivity index (χ4v) is 6.71. The maximum absolute atomic E-state index is 13.8. The molecule has 1 rings (SSSR count). The van der Waals surface area contributed by atoms with Crippen molar-refractivity contribution in [3.63, 3.8) is 0 Å². The molecule has 0 aliphatic carbocycles. The van der Waals surface area contributed by atoms with Crippen LogP contribution in [0.4, 0.5) is 0 Å². The number of carbonyl (C=O) groups is 12. The molecule has 360 valence electrons. The van der Waals surface area contributed by atoms with Gasteiger partial charge in [0.25, 0.3) is 0 Å². The lowest BCUT2D eigenvalue weighted by molar-refractivity contribution is -0.144. The molecule has 14 N–H and O–H groups in total. The lowest BCUT2D eigenvalue weighted by Crippen LogP contribution is -2.60. The zero-order chi connectivity index (χ0) is 49.0. The zero-order valence-corrected chi connectivity index (χ0v) is 37.4. The SMILES string of the molecule is CSCC[C@H](NC(=O)[C@H](C)NC(=O)[C@H](CC(=O)O)NC(=O)[C@H](CCC(N)=O)NC(=O)[C@H](CC(C)C)NC(=O)[C@H](CC(=O)O)NC(=O)[C@@H]1CCCN1C(=O)[C@H](C)NC(=O)[C@H](C)N)C(=O)O. The minimum Gasteiger partial charge on any atom is -0.481 e. The molecule has 1 fully saturated rings. The Labute approximate surface area is 373 Å². The van der Waals surface area contributed by atoms with Gasteiger partial charge in [-0.05, 0) is 70.8 Å². The summed E-state index contributed by atoms with van der Waals surface area (Å²) in [5.41, 5.74) is 10.8. The van der Waals surface area contributed by atoms with Gasteiger partial charge in [0.1, 0.15) is 48.3 Å². The van der Waals surface area contributed by atoms with Gasteiger partial charge < -0.3 is 68.9 Å². The first kappa shape index (κ1) is 56.0. The molecule has 64 heavy (non-hydrogen) atoms. The molecular formula is C38H62N10O15S. The van der Waals surface area contributed by atoms with Crippen LogP contribution in [-0.2, 0) is 57.5 Å². The second-order valence-corrected chi connectivity index (χ2v) is 16.7. The van der Waals surface area contributed by atoms with Gasteiger partial charge in [0.2, 0.25) is 53.2 Å². The summed E-state index contributed by atoms with van der Waals surface area (Å²) in [6.45, 7) is 7.41. The van der Waals surface area contributed by atoms with Crippen molar-refractivity contribution in [2.75, 3.05) is 18.6 Å². The van der Waals surface area contributed by atoms with Crippen LogP contribution in [0.15, 0.2) is 0 Å². The summed E-state index contributed by atoms with van der Waals surface area (Å²) in [6, 6.07) is -12.8. The first-order valence-electron chi connectivity index (χ1n) is 20.4. The largest absolute Gasteiger partial charge is 0.481 e. The van der Waals surface area contributed by atoms with Gasteiger partial charge in [0, 0.05) is 13.0 Å². The standard InChI is InChI=1S/C38H62N10O15S/c1-17(2)14-23(45-35(59)25(16-29(52)53)47-36(60)26-8-7-12-48(26)37(61)20(5)42-30(54)18(3)39)34(58)43-21(9-10-27(40)49)32(56)46-24(15-28(50)51)33(57)41-19(4)31(55)44-22(38(62)63)11-13-64-6/h17-26H,7-16,39H2,1-6H3,(H2,40,49)(H,41,57)(H,42,54)(H,43,58)(H,44,55)(H,45,59)(H,46,56)(H,47,60)(H,50,51)(H,52,53)(H,62,63)/t18-,19-,20-,21-,22-,23-,24-,25-,26-/m0/s1. The summed E-state index contributed by atoms with van der Waals surface area (Å²) in [4.78, 5) is 154. The molecule has 9 atom stereocenters. The molecule has 0 unspecified atom stereocenters. The molecular weight excluding hydrogens is 869 g/mol.